The fourth-order valence-electron chi connectivity index (χ4n) is 5.57. The maximum absolute atomic E-state index is 13.6. The highest BCUT2D eigenvalue weighted by Gasteiger charge is 2.53. The molecule has 1 aliphatic heterocycles. The first kappa shape index (κ1) is 36.4. The molecule has 0 aliphatic carbocycles. The van der Waals surface area contributed by atoms with Crippen LogP contribution in [0.15, 0.2) is 50.2 Å². The van der Waals surface area contributed by atoms with Crippen LogP contribution in [0.25, 0.3) is 21.9 Å². The highest BCUT2D eigenvalue weighted by atomic mass is 16.7. The molecule has 2 aromatic carbocycles. The largest absolute Gasteiger partial charge is 0.493 e. The summed E-state index contributed by atoms with van der Waals surface area (Å²) in [5, 5.41) is 1.19. The molecule has 1 fully saturated rings. The molecule has 51 heavy (non-hydrogen) atoms. The van der Waals surface area contributed by atoms with Crippen LogP contribution in [-0.2, 0) is 42.9 Å². The zero-order valence-corrected chi connectivity index (χ0v) is 28.6. The number of hydrogen-bond acceptors (Lipinski definition) is 16. The Morgan fingerprint density at radius 2 is 1.39 bits per heavy atom. The first-order valence-electron chi connectivity index (χ1n) is 15.5. The summed E-state index contributed by atoms with van der Waals surface area (Å²) in [6, 6.07) is 7.07. The number of rotatable bonds is 10. The molecule has 0 amide bonds. The predicted molar refractivity (Wildman–Crippen MR) is 172 cm³/mol. The summed E-state index contributed by atoms with van der Waals surface area (Å²) >= 11 is 0. The van der Waals surface area contributed by atoms with E-state index in [0.29, 0.717) is 16.3 Å². The second kappa shape index (κ2) is 14.9. The Bertz CT molecular complexity index is 2070. The molecule has 270 valence electrons. The molecule has 1 saturated heterocycles. The van der Waals surface area contributed by atoms with Crippen LogP contribution in [0.1, 0.15) is 49.2 Å². The minimum Gasteiger partial charge on any atom is -0.493 e. The molecule has 0 N–H and O–H groups in total. The molecule has 4 aromatic rings. The predicted octanol–water partition coefficient (Wildman–Crippen LogP) is 3.85. The van der Waals surface area contributed by atoms with E-state index in [2.05, 4.69) is 0 Å². The molecule has 0 radical (unpaired) electrons. The molecule has 0 saturated carbocycles. The lowest BCUT2D eigenvalue weighted by atomic mass is 9.98. The maximum Gasteiger partial charge on any atom is 0.343 e. The van der Waals surface area contributed by atoms with Gasteiger partial charge in [-0.05, 0) is 49.2 Å². The summed E-state index contributed by atoms with van der Waals surface area (Å²) in [6.07, 6.45) is -5.71. The molecule has 0 unspecified atom stereocenters. The molecule has 3 heterocycles. The Hall–Kier alpha value is -5.90. The Morgan fingerprint density at radius 3 is 2.04 bits per heavy atom. The number of methoxy groups -OCH3 is 1. The minimum absolute atomic E-state index is 0.0170. The normalized spacial score (nSPS) is 19.9. The van der Waals surface area contributed by atoms with E-state index in [1.807, 2.05) is 6.92 Å². The first-order valence-corrected chi connectivity index (χ1v) is 15.5. The monoisotopic (exact) mass is 710 g/mol. The maximum atomic E-state index is 13.6. The van der Waals surface area contributed by atoms with E-state index in [0.717, 1.165) is 33.3 Å². The zero-order valence-electron chi connectivity index (χ0n) is 28.6. The average molecular weight is 711 g/mol. The molecular formula is C35H34O16. The van der Waals surface area contributed by atoms with E-state index in [1.54, 1.807) is 13.0 Å². The standard InChI is InChI=1S/C35H34O16/c1-15-10-27(40)50-29-22(15)12-23-16(2)13-44-28(23)31(29)51-34(41)21-8-9-24(25(11-21)42-7)48-35-33(47-20(6)39)32(46-19(5)38)30(45-18(4)37)26(49-35)14-43-17(3)36/h8-13,26,30,32-33,35H,14H2,1-7H3/t26-,30+,32+,33-,35-/m1/s1. The van der Waals surface area contributed by atoms with Crippen molar-refractivity contribution < 1.29 is 70.7 Å². The summed E-state index contributed by atoms with van der Waals surface area (Å²) in [5.74, 6) is -4.14. The number of hydrogen-bond donors (Lipinski definition) is 0. The van der Waals surface area contributed by atoms with Crippen molar-refractivity contribution in [3.8, 4) is 17.2 Å². The van der Waals surface area contributed by atoms with Gasteiger partial charge in [0, 0.05) is 44.5 Å². The van der Waals surface area contributed by atoms with Crippen LogP contribution in [0.4, 0.5) is 0 Å². The van der Waals surface area contributed by atoms with Crippen LogP contribution < -0.4 is 19.8 Å². The van der Waals surface area contributed by atoms with E-state index in [9.17, 15) is 28.8 Å². The number of furan rings is 1. The topological polar surface area (TPSA) is 203 Å². The summed E-state index contributed by atoms with van der Waals surface area (Å²) < 4.78 is 55.8. The van der Waals surface area contributed by atoms with Crippen molar-refractivity contribution in [2.45, 2.75) is 72.2 Å². The third-order valence-corrected chi connectivity index (χ3v) is 7.72. The van der Waals surface area contributed by atoms with Crippen LogP contribution in [0, 0.1) is 13.8 Å². The number of carbonyl (C=O) groups is 5. The average Bonchev–Trinajstić information content (AvgIpc) is 3.42. The van der Waals surface area contributed by atoms with Gasteiger partial charge >= 0.3 is 35.5 Å². The van der Waals surface area contributed by atoms with Crippen LogP contribution >= 0.6 is 0 Å². The molecule has 0 spiro atoms. The van der Waals surface area contributed by atoms with E-state index in [1.165, 1.54) is 37.6 Å². The summed E-state index contributed by atoms with van der Waals surface area (Å²) in [5.41, 5.74) is 0.907. The Balaban J connectivity index is 1.49. The second-order valence-electron chi connectivity index (χ2n) is 11.6. The van der Waals surface area contributed by atoms with Crippen LogP contribution in [-0.4, -0.2) is 74.3 Å². The molecule has 1 aliphatic rings. The molecule has 5 rings (SSSR count). The number of fused-ring (bicyclic) bond motifs is 2. The smallest absolute Gasteiger partial charge is 0.343 e. The molecule has 5 atom stereocenters. The molecule has 0 bridgehead atoms. The number of aryl methyl sites for hydroxylation is 2. The zero-order chi connectivity index (χ0) is 37.1. The van der Waals surface area contributed by atoms with Gasteiger partial charge in [0.25, 0.3) is 0 Å². The van der Waals surface area contributed by atoms with Gasteiger partial charge < -0.3 is 46.7 Å². The second-order valence-corrected chi connectivity index (χ2v) is 11.6. The van der Waals surface area contributed by atoms with Crippen molar-refractivity contribution in [3.63, 3.8) is 0 Å². The number of esters is 5. The molecule has 2 aromatic heterocycles. The van der Waals surface area contributed by atoms with Gasteiger partial charge in [-0.2, -0.15) is 0 Å². The third-order valence-electron chi connectivity index (χ3n) is 7.72. The third kappa shape index (κ3) is 7.96. The van der Waals surface area contributed by atoms with Gasteiger partial charge in [-0.3, -0.25) is 19.2 Å². The molecular weight excluding hydrogens is 676 g/mol. The van der Waals surface area contributed by atoms with Gasteiger partial charge in [0.1, 0.15) is 12.7 Å². The number of carbonyl (C=O) groups excluding carboxylic acids is 5. The van der Waals surface area contributed by atoms with Crippen molar-refractivity contribution in [1.82, 2.24) is 0 Å². The lowest BCUT2D eigenvalue weighted by Gasteiger charge is -2.44. The fraction of sp³-hybridized carbons (Fsp3) is 0.371. The van der Waals surface area contributed by atoms with Crippen LogP contribution in [0.5, 0.6) is 17.2 Å². The van der Waals surface area contributed by atoms with Crippen molar-refractivity contribution in [2.24, 2.45) is 0 Å². The quantitative estimate of drug-likeness (QED) is 0.0993. The summed E-state index contributed by atoms with van der Waals surface area (Å²) in [4.78, 5) is 73.9. The Morgan fingerprint density at radius 1 is 0.745 bits per heavy atom. The SMILES string of the molecule is COc1cc(C(=O)Oc2c3occ(C)c3cc3c(C)cc(=O)oc23)ccc1O[C@@H]1O[C@H](COC(C)=O)[C@H](OC(C)=O)[C@H](OC(C)=O)[C@H]1OC(C)=O. The lowest BCUT2D eigenvalue weighted by Crippen LogP contribution is -2.63. The Labute approximate surface area is 289 Å². The Kier molecular flexibility index (Phi) is 10.6. The molecule has 16 heteroatoms. The van der Waals surface area contributed by atoms with Gasteiger partial charge in [-0.25, -0.2) is 9.59 Å². The first-order chi connectivity index (χ1) is 24.2. The van der Waals surface area contributed by atoms with E-state index >= 15 is 0 Å². The number of benzene rings is 2. The highest BCUT2D eigenvalue weighted by molar-refractivity contribution is 6.05. The lowest BCUT2D eigenvalue weighted by molar-refractivity contribution is -0.288. The van der Waals surface area contributed by atoms with Crippen molar-refractivity contribution in [2.75, 3.05) is 13.7 Å². The van der Waals surface area contributed by atoms with Gasteiger partial charge in [0.15, 0.2) is 34.9 Å². The fourth-order valence-corrected chi connectivity index (χ4v) is 5.57. The molecule has 16 nitrogen and oxygen atoms in total. The van der Waals surface area contributed by atoms with Crippen LogP contribution in [0.2, 0.25) is 0 Å². The van der Waals surface area contributed by atoms with E-state index < -0.39 is 72.8 Å². The van der Waals surface area contributed by atoms with Gasteiger partial charge in [0.05, 0.1) is 18.9 Å². The minimum atomic E-state index is -1.56. The summed E-state index contributed by atoms with van der Waals surface area (Å²) in [6.45, 7) is 7.51. The van der Waals surface area contributed by atoms with Gasteiger partial charge in [-0.1, -0.05) is 0 Å². The van der Waals surface area contributed by atoms with Gasteiger partial charge in [0.2, 0.25) is 18.1 Å². The van der Waals surface area contributed by atoms with Crippen LogP contribution in [0.3, 0.4) is 0 Å². The van der Waals surface area contributed by atoms with E-state index in [-0.39, 0.29) is 34.0 Å². The summed E-state index contributed by atoms with van der Waals surface area (Å²) in [7, 11) is 1.29. The van der Waals surface area contributed by atoms with Crippen molar-refractivity contribution in [1.29, 1.82) is 0 Å². The van der Waals surface area contributed by atoms with Crippen molar-refractivity contribution >= 4 is 51.8 Å². The van der Waals surface area contributed by atoms with Crippen molar-refractivity contribution in [3.05, 3.63) is 63.7 Å². The van der Waals surface area contributed by atoms with Gasteiger partial charge in [-0.15, -0.1) is 0 Å². The van der Waals surface area contributed by atoms with E-state index in [4.69, 9.17) is 46.7 Å². The number of ether oxygens (including phenoxy) is 8. The highest BCUT2D eigenvalue weighted by Crippen LogP contribution is 2.39.